The summed E-state index contributed by atoms with van der Waals surface area (Å²) in [5, 5.41) is 3.44. The molecule has 2 aromatic heterocycles. The molecule has 12 heteroatoms. The summed E-state index contributed by atoms with van der Waals surface area (Å²) in [5.41, 5.74) is 1.35. The highest BCUT2D eigenvalue weighted by Crippen LogP contribution is 2.17. The first-order valence-corrected chi connectivity index (χ1v) is 11.3. The topological polar surface area (TPSA) is 113 Å². The van der Waals surface area contributed by atoms with E-state index in [9.17, 15) is 12.8 Å². The lowest BCUT2D eigenvalue weighted by Crippen LogP contribution is -2.51. The maximum Gasteiger partial charge on any atom is 0.211 e. The maximum atomic E-state index is 14.3. The van der Waals surface area contributed by atoms with Crippen molar-refractivity contribution < 1.29 is 17.5 Å². The standard InChI is InChI=1S/C17H20ClFN6O3S/c1-29(26,27)25-2-3-28-9-11(25)6-21-17-14(19)8-23-16(24-17)13-7-22-15-12(13)4-10(18)5-20-15/h4,7-8,10-11H,2-3,5-6,9H2,1H3,(H,20,22)(H,21,23,24). The number of aromatic nitrogens is 3. The Labute approximate surface area is 171 Å². The minimum atomic E-state index is -3.39. The molecule has 156 valence electrons. The predicted molar refractivity (Wildman–Crippen MR) is 106 cm³/mol. The van der Waals surface area contributed by atoms with Crippen molar-refractivity contribution in [3.63, 3.8) is 0 Å². The zero-order valence-electron chi connectivity index (χ0n) is 15.6. The molecule has 2 N–H and O–H groups in total. The van der Waals surface area contributed by atoms with E-state index in [2.05, 4.69) is 25.3 Å². The van der Waals surface area contributed by atoms with Crippen molar-refractivity contribution in [2.24, 2.45) is 4.99 Å². The third-order valence-electron chi connectivity index (χ3n) is 4.76. The zero-order chi connectivity index (χ0) is 20.6. The second-order valence-electron chi connectivity index (χ2n) is 6.86. The first-order valence-electron chi connectivity index (χ1n) is 9.02. The van der Waals surface area contributed by atoms with Crippen LogP contribution >= 0.6 is 11.6 Å². The van der Waals surface area contributed by atoms with Gasteiger partial charge in [0.25, 0.3) is 0 Å². The summed E-state index contributed by atoms with van der Waals surface area (Å²) >= 11 is 6.16. The van der Waals surface area contributed by atoms with Gasteiger partial charge in [0, 0.05) is 30.1 Å². The number of anilines is 1. The summed E-state index contributed by atoms with van der Waals surface area (Å²) in [6.45, 7) is 1.44. The normalized spacial score (nSPS) is 22.4. The molecule has 4 rings (SSSR count). The SMILES string of the molecule is CS(=O)(=O)N1CCOCC1CNc1nc(-c2c[nH]c3c2=CC(Cl)CN=3)ncc1F. The quantitative estimate of drug-likeness (QED) is 0.615. The highest BCUT2D eigenvalue weighted by Gasteiger charge is 2.30. The van der Waals surface area contributed by atoms with Crippen LogP contribution in [0.2, 0.25) is 0 Å². The molecule has 2 aliphatic heterocycles. The lowest BCUT2D eigenvalue weighted by molar-refractivity contribution is 0.0375. The van der Waals surface area contributed by atoms with Crippen LogP contribution in [-0.2, 0) is 14.8 Å². The summed E-state index contributed by atoms with van der Waals surface area (Å²) in [6, 6.07) is -0.458. The average Bonchev–Trinajstić information content (AvgIpc) is 3.10. The molecular formula is C17H20ClFN6O3S. The summed E-state index contributed by atoms with van der Waals surface area (Å²) < 4.78 is 44.9. The highest BCUT2D eigenvalue weighted by molar-refractivity contribution is 7.88. The van der Waals surface area contributed by atoms with E-state index in [4.69, 9.17) is 16.3 Å². The Kier molecular flexibility index (Phi) is 5.56. The lowest BCUT2D eigenvalue weighted by atomic mass is 10.2. The Balaban J connectivity index is 1.59. The molecule has 29 heavy (non-hydrogen) atoms. The molecule has 0 aromatic carbocycles. The van der Waals surface area contributed by atoms with Gasteiger partial charge in [-0.15, -0.1) is 11.6 Å². The van der Waals surface area contributed by atoms with Gasteiger partial charge in [0.05, 0.1) is 43.6 Å². The van der Waals surface area contributed by atoms with E-state index in [-0.39, 0.29) is 30.9 Å². The van der Waals surface area contributed by atoms with Gasteiger partial charge in [-0.1, -0.05) is 6.08 Å². The van der Waals surface area contributed by atoms with Crippen molar-refractivity contribution in [3.05, 3.63) is 28.9 Å². The number of ether oxygens (including phenoxy) is 1. The molecule has 0 spiro atoms. The predicted octanol–water partition coefficient (Wildman–Crippen LogP) is -0.296. The van der Waals surface area contributed by atoms with Crippen LogP contribution in [0.1, 0.15) is 0 Å². The van der Waals surface area contributed by atoms with Crippen molar-refractivity contribution >= 4 is 33.5 Å². The zero-order valence-corrected chi connectivity index (χ0v) is 17.2. The van der Waals surface area contributed by atoms with Gasteiger partial charge in [-0.3, -0.25) is 4.99 Å². The largest absolute Gasteiger partial charge is 0.378 e. The van der Waals surface area contributed by atoms with Crippen LogP contribution in [0.5, 0.6) is 0 Å². The van der Waals surface area contributed by atoms with Crippen molar-refractivity contribution in [1.29, 1.82) is 0 Å². The first kappa shape index (κ1) is 20.2. The van der Waals surface area contributed by atoms with E-state index >= 15 is 0 Å². The number of fused-ring (bicyclic) bond motifs is 1. The minimum absolute atomic E-state index is 0.0147. The molecular weight excluding hydrogens is 423 g/mol. The monoisotopic (exact) mass is 442 g/mol. The van der Waals surface area contributed by atoms with E-state index in [0.29, 0.717) is 30.0 Å². The molecule has 0 saturated carbocycles. The van der Waals surface area contributed by atoms with Gasteiger partial charge < -0.3 is 15.0 Å². The number of aromatic amines is 1. The molecule has 0 aliphatic carbocycles. The van der Waals surface area contributed by atoms with E-state index in [1.165, 1.54) is 4.31 Å². The number of rotatable bonds is 5. The average molecular weight is 443 g/mol. The van der Waals surface area contributed by atoms with Crippen molar-refractivity contribution in [2.75, 3.05) is 44.4 Å². The number of hydrogen-bond donors (Lipinski definition) is 2. The number of alkyl halides is 1. The van der Waals surface area contributed by atoms with Crippen molar-refractivity contribution in [2.45, 2.75) is 11.4 Å². The molecule has 0 amide bonds. The van der Waals surface area contributed by atoms with Gasteiger partial charge in [-0.05, 0) is 0 Å². The number of nitrogens with zero attached hydrogens (tertiary/aromatic N) is 4. The van der Waals surface area contributed by atoms with E-state index in [1.54, 1.807) is 6.20 Å². The fourth-order valence-electron chi connectivity index (χ4n) is 3.39. The van der Waals surface area contributed by atoms with Gasteiger partial charge in [-0.25, -0.2) is 22.8 Å². The van der Waals surface area contributed by atoms with Gasteiger partial charge in [0.2, 0.25) is 10.0 Å². The summed E-state index contributed by atoms with van der Waals surface area (Å²) in [5.74, 6) is -0.340. The molecule has 2 aromatic rings. The molecule has 0 bridgehead atoms. The second-order valence-corrected chi connectivity index (χ2v) is 9.36. The Morgan fingerprint density at radius 1 is 1.48 bits per heavy atom. The van der Waals surface area contributed by atoms with E-state index < -0.39 is 21.9 Å². The van der Waals surface area contributed by atoms with Crippen LogP contribution < -0.4 is 16.0 Å². The number of hydrogen-bond acceptors (Lipinski definition) is 7. The van der Waals surface area contributed by atoms with Gasteiger partial charge in [-0.2, -0.15) is 4.31 Å². The molecule has 1 saturated heterocycles. The van der Waals surface area contributed by atoms with Crippen LogP contribution in [0.3, 0.4) is 0 Å². The molecule has 0 radical (unpaired) electrons. The Morgan fingerprint density at radius 2 is 2.31 bits per heavy atom. The first-order chi connectivity index (χ1) is 13.8. The third kappa shape index (κ3) is 4.27. The summed E-state index contributed by atoms with van der Waals surface area (Å²) in [6.07, 6.45) is 5.79. The number of halogens is 2. The number of nitrogens with one attached hydrogen (secondary N) is 2. The summed E-state index contributed by atoms with van der Waals surface area (Å²) in [7, 11) is -3.39. The fraction of sp³-hybridized carbons (Fsp3) is 0.471. The lowest BCUT2D eigenvalue weighted by Gasteiger charge is -2.33. The molecule has 4 heterocycles. The minimum Gasteiger partial charge on any atom is -0.378 e. The van der Waals surface area contributed by atoms with Crippen LogP contribution in [0.4, 0.5) is 10.2 Å². The Bertz CT molecular complexity index is 1140. The molecule has 2 unspecified atom stereocenters. The van der Waals surface area contributed by atoms with Gasteiger partial charge in [0.15, 0.2) is 17.5 Å². The Morgan fingerprint density at radius 3 is 3.10 bits per heavy atom. The molecule has 1 fully saturated rings. The number of morpholine rings is 1. The van der Waals surface area contributed by atoms with Crippen LogP contribution in [0.25, 0.3) is 17.5 Å². The molecule has 2 aliphatic rings. The number of H-pyrrole nitrogens is 1. The smallest absolute Gasteiger partial charge is 0.211 e. The van der Waals surface area contributed by atoms with Crippen molar-refractivity contribution in [3.8, 4) is 11.4 Å². The second kappa shape index (κ2) is 7.98. The molecule has 2 atom stereocenters. The highest BCUT2D eigenvalue weighted by atomic mass is 35.5. The molecule has 9 nitrogen and oxygen atoms in total. The summed E-state index contributed by atoms with van der Waals surface area (Å²) in [4.78, 5) is 15.8. The maximum absolute atomic E-state index is 14.3. The van der Waals surface area contributed by atoms with E-state index in [1.807, 2.05) is 6.08 Å². The van der Waals surface area contributed by atoms with Crippen molar-refractivity contribution in [1.82, 2.24) is 19.3 Å². The van der Waals surface area contributed by atoms with Gasteiger partial charge in [0.1, 0.15) is 5.49 Å². The van der Waals surface area contributed by atoms with Gasteiger partial charge >= 0.3 is 0 Å². The fourth-order valence-corrected chi connectivity index (χ4v) is 4.67. The van der Waals surface area contributed by atoms with E-state index in [0.717, 1.165) is 17.7 Å². The third-order valence-corrected chi connectivity index (χ3v) is 6.36. The van der Waals surface area contributed by atoms with Crippen LogP contribution in [0.15, 0.2) is 17.4 Å². The van der Waals surface area contributed by atoms with Crippen LogP contribution in [-0.4, -0.2) is 78.2 Å². The Hall–Kier alpha value is -2.08. The van der Waals surface area contributed by atoms with Crippen LogP contribution in [0, 0.1) is 5.82 Å². The number of sulfonamides is 1.